The number of carboxylic acids is 1. The van der Waals surface area contributed by atoms with Gasteiger partial charge in [0.1, 0.15) is 17.1 Å². The maximum Gasteiger partial charge on any atom is 0.339 e. The van der Waals surface area contributed by atoms with E-state index in [0.717, 1.165) is 16.7 Å². The van der Waals surface area contributed by atoms with Gasteiger partial charge in [0.25, 0.3) is 5.91 Å². The van der Waals surface area contributed by atoms with Gasteiger partial charge in [-0.3, -0.25) is 4.79 Å². The summed E-state index contributed by atoms with van der Waals surface area (Å²) in [5, 5.41) is 9.62. The summed E-state index contributed by atoms with van der Waals surface area (Å²) < 4.78 is 29.8. The van der Waals surface area contributed by atoms with Crippen LogP contribution in [-0.2, 0) is 17.8 Å². The number of halogens is 1. The van der Waals surface area contributed by atoms with Crippen LogP contribution in [-0.4, -0.2) is 41.8 Å². The maximum atomic E-state index is 13.3. The van der Waals surface area contributed by atoms with Crippen LogP contribution in [0.4, 0.5) is 4.39 Å². The first kappa shape index (κ1) is 25.0. The Kier molecular flexibility index (Phi) is 7.73. The maximum absolute atomic E-state index is 13.3. The Labute approximate surface area is 209 Å². The third kappa shape index (κ3) is 6.13. The zero-order valence-electron chi connectivity index (χ0n) is 20.2. The number of amides is 1. The van der Waals surface area contributed by atoms with Crippen LogP contribution >= 0.6 is 0 Å². The van der Waals surface area contributed by atoms with E-state index < -0.39 is 5.97 Å². The quantitative estimate of drug-likeness (QED) is 0.427. The van der Waals surface area contributed by atoms with Gasteiger partial charge in [-0.2, -0.15) is 0 Å². The minimum atomic E-state index is -1.12. The average molecular weight is 494 g/mol. The van der Waals surface area contributed by atoms with E-state index in [-0.39, 0.29) is 48.9 Å². The Morgan fingerprint density at radius 3 is 2.44 bits per heavy atom. The zero-order valence-corrected chi connectivity index (χ0v) is 20.2. The van der Waals surface area contributed by atoms with Gasteiger partial charge in [-0.15, -0.1) is 0 Å². The second-order valence-corrected chi connectivity index (χ2v) is 8.88. The van der Waals surface area contributed by atoms with E-state index in [1.54, 1.807) is 41.3 Å². The molecular weight excluding hydrogens is 465 g/mol. The summed E-state index contributed by atoms with van der Waals surface area (Å²) in [6, 6.07) is 16.6. The summed E-state index contributed by atoms with van der Waals surface area (Å²) in [7, 11) is 0. The summed E-state index contributed by atoms with van der Waals surface area (Å²) in [4.78, 5) is 26.6. The molecule has 1 aliphatic rings. The number of rotatable bonds is 10. The fourth-order valence-corrected chi connectivity index (χ4v) is 3.90. The molecule has 0 spiro atoms. The molecule has 0 fully saturated rings. The summed E-state index contributed by atoms with van der Waals surface area (Å²) in [6.07, 6.45) is 0.514. The lowest BCUT2D eigenvalue weighted by Gasteiger charge is -2.23. The van der Waals surface area contributed by atoms with Gasteiger partial charge in [0.05, 0.1) is 0 Å². The summed E-state index contributed by atoms with van der Waals surface area (Å²) in [5.74, 6) is -0.182. The van der Waals surface area contributed by atoms with E-state index in [0.29, 0.717) is 24.5 Å². The third-order valence-corrected chi connectivity index (χ3v) is 6.00. The molecule has 0 bridgehead atoms. The molecule has 36 heavy (non-hydrogen) atoms. The standard InChI is InChI=1S/C28H28FNO6/c1-18(2)21-6-10-24(23(14-21)28(32)33)34-16-27(31)30(12-11-19-3-7-22(29)8-4-19)15-20-5-9-25-26(13-20)36-17-35-25/h3-10,13-14,18H,11-12,15-17H2,1-2H3,(H,32,33). The smallest absolute Gasteiger partial charge is 0.339 e. The monoisotopic (exact) mass is 493 g/mol. The number of ether oxygens (including phenoxy) is 3. The van der Waals surface area contributed by atoms with Crippen molar-refractivity contribution >= 4 is 11.9 Å². The predicted molar refractivity (Wildman–Crippen MR) is 131 cm³/mol. The Morgan fingerprint density at radius 1 is 1.00 bits per heavy atom. The predicted octanol–water partition coefficient (Wildman–Crippen LogP) is 5.03. The molecule has 1 aliphatic heterocycles. The van der Waals surface area contributed by atoms with E-state index in [9.17, 15) is 19.1 Å². The highest BCUT2D eigenvalue weighted by Gasteiger charge is 2.20. The third-order valence-electron chi connectivity index (χ3n) is 6.00. The van der Waals surface area contributed by atoms with Gasteiger partial charge in [-0.05, 0) is 65.4 Å². The molecule has 3 aromatic rings. The Hall–Kier alpha value is -4.07. The number of carbonyl (C=O) groups excluding carboxylic acids is 1. The number of carboxylic acid groups (broad SMARTS) is 1. The van der Waals surface area contributed by atoms with Crippen molar-refractivity contribution in [1.82, 2.24) is 4.90 Å². The van der Waals surface area contributed by atoms with E-state index in [1.807, 2.05) is 26.0 Å². The highest BCUT2D eigenvalue weighted by Crippen LogP contribution is 2.33. The Bertz CT molecular complexity index is 1240. The van der Waals surface area contributed by atoms with Gasteiger partial charge in [-0.25, -0.2) is 9.18 Å². The van der Waals surface area contributed by atoms with E-state index >= 15 is 0 Å². The molecule has 8 heteroatoms. The zero-order chi connectivity index (χ0) is 25.7. The SMILES string of the molecule is CC(C)c1ccc(OCC(=O)N(CCc2ccc(F)cc2)Cc2ccc3c(c2)OCO3)c(C(=O)O)c1. The first-order valence-corrected chi connectivity index (χ1v) is 11.7. The molecule has 0 aliphatic carbocycles. The number of aromatic carboxylic acids is 1. The molecule has 0 unspecified atom stereocenters. The van der Waals surface area contributed by atoms with Crippen molar-refractivity contribution in [3.63, 3.8) is 0 Å². The van der Waals surface area contributed by atoms with Crippen LogP contribution in [0.15, 0.2) is 60.7 Å². The Balaban J connectivity index is 1.49. The molecule has 4 rings (SSSR count). The first-order valence-electron chi connectivity index (χ1n) is 11.7. The highest BCUT2D eigenvalue weighted by atomic mass is 19.1. The normalized spacial score (nSPS) is 12.0. The second kappa shape index (κ2) is 11.1. The van der Waals surface area contributed by atoms with Crippen molar-refractivity contribution < 1.29 is 33.3 Å². The fraction of sp³-hybridized carbons (Fsp3) is 0.286. The lowest BCUT2D eigenvalue weighted by Crippen LogP contribution is -2.36. The van der Waals surface area contributed by atoms with Gasteiger partial charge in [0.2, 0.25) is 6.79 Å². The number of nitrogens with zero attached hydrogens (tertiary/aromatic N) is 1. The molecule has 7 nitrogen and oxygen atoms in total. The molecule has 3 aromatic carbocycles. The van der Waals surface area contributed by atoms with Gasteiger partial charge in [0, 0.05) is 13.1 Å². The van der Waals surface area contributed by atoms with Gasteiger partial charge in [-0.1, -0.05) is 38.1 Å². The molecule has 1 amide bonds. The molecule has 0 saturated carbocycles. The van der Waals surface area contributed by atoms with Crippen LogP contribution in [0.3, 0.4) is 0 Å². The number of carbonyl (C=O) groups is 2. The molecule has 1 heterocycles. The molecule has 0 saturated heterocycles. The van der Waals surface area contributed by atoms with Crippen molar-refractivity contribution in [1.29, 1.82) is 0 Å². The van der Waals surface area contributed by atoms with Gasteiger partial charge >= 0.3 is 5.97 Å². The highest BCUT2D eigenvalue weighted by molar-refractivity contribution is 5.91. The number of benzene rings is 3. The molecule has 1 N–H and O–H groups in total. The number of hydrogen-bond donors (Lipinski definition) is 1. The lowest BCUT2D eigenvalue weighted by atomic mass is 10.0. The Morgan fingerprint density at radius 2 is 1.72 bits per heavy atom. The van der Waals surface area contributed by atoms with Gasteiger partial charge < -0.3 is 24.2 Å². The summed E-state index contributed by atoms with van der Waals surface area (Å²) in [5.41, 5.74) is 2.62. The lowest BCUT2D eigenvalue weighted by molar-refractivity contribution is -0.134. The average Bonchev–Trinajstić information content (AvgIpc) is 3.33. The van der Waals surface area contributed by atoms with Crippen molar-refractivity contribution in [2.24, 2.45) is 0 Å². The van der Waals surface area contributed by atoms with Crippen molar-refractivity contribution in [2.45, 2.75) is 32.7 Å². The topological polar surface area (TPSA) is 85.3 Å². The first-order chi connectivity index (χ1) is 17.3. The van der Waals surface area contributed by atoms with Crippen LogP contribution < -0.4 is 14.2 Å². The largest absolute Gasteiger partial charge is 0.483 e. The van der Waals surface area contributed by atoms with Crippen LogP contribution in [0.1, 0.15) is 46.8 Å². The van der Waals surface area contributed by atoms with Crippen LogP contribution in [0.5, 0.6) is 17.2 Å². The number of hydrogen-bond acceptors (Lipinski definition) is 5. The van der Waals surface area contributed by atoms with Crippen molar-refractivity contribution in [2.75, 3.05) is 19.9 Å². The van der Waals surface area contributed by atoms with E-state index in [1.165, 1.54) is 12.1 Å². The summed E-state index contributed by atoms with van der Waals surface area (Å²) >= 11 is 0. The minimum Gasteiger partial charge on any atom is -0.483 e. The molecule has 0 atom stereocenters. The molecule has 0 aromatic heterocycles. The second-order valence-electron chi connectivity index (χ2n) is 8.88. The molecule has 0 radical (unpaired) electrons. The van der Waals surface area contributed by atoms with Crippen LogP contribution in [0.25, 0.3) is 0 Å². The minimum absolute atomic E-state index is 0.0163. The van der Waals surface area contributed by atoms with Crippen LogP contribution in [0, 0.1) is 5.82 Å². The van der Waals surface area contributed by atoms with E-state index in [2.05, 4.69) is 0 Å². The van der Waals surface area contributed by atoms with Crippen molar-refractivity contribution in [3.8, 4) is 17.2 Å². The van der Waals surface area contributed by atoms with Gasteiger partial charge in [0.15, 0.2) is 18.1 Å². The number of fused-ring (bicyclic) bond motifs is 1. The fourth-order valence-electron chi connectivity index (χ4n) is 3.90. The van der Waals surface area contributed by atoms with E-state index in [4.69, 9.17) is 14.2 Å². The summed E-state index contributed by atoms with van der Waals surface area (Å²) in [6.45, 7) is 4.43. The van der Waals surface area contributed by atoms with Crippen molar-refractivity contribution in [3.05, 3.63) is 88.7 Å². The molecule has 188 valence electrons. The van der Waals surface area contributed by atoms with Crippen LogP contribution in [0.2, 0.25) is 0 Å². The molecular formula is C28H28FNO6.